The van der Waals surface area contributed by atoms with Gasteiger partial charge in [0.2, 0.25) is 0 Å². The Morgan fingerprint density at radius 3 is 1.71 bits per heavy atom. The highest BCUT2D eigenvalue weighted by Crippen LogP contribution is 2.41. The average molecular weight is 733 g/mol. The lowest BCUT2D eigenvalue weighted by atomic mass is 9.90. The number of aromatic nitrogens is 2. The van der Waals surface area contributed by atoms with Gasteiger partial charge in [-0.25, -0.2) is 9.97 Å². The topological polar surface area (TPSA) is 38.9 Å². The van der Waals surface area contributed by atoms with Crippen molar-refractivity contribution in [3.05, 3.63) is 194 Å². The third kappa shape index (κ3) is 5.67. The summed E-state index contributed by atoms with van der Waals surface area (Å²) in [6, 6.07) is 68.8. The number of hydrogen-bond donors (Lipinski definition) is 0. The molecule has 56 heavy (non-hydrogen) atoms. The summed E-state index contributed by atoms with van der Waals surface area (Å²) < 4.78 is 8.78. The summed E-state index contributed by atoms with van der Waals surface area (Å²) in [5.41, 5.74) is 13.4. The van der Waals surface area contributed by atoms with Crippen molar-refractivity contribution in [2.24, 2.45) is 0 Å². The second-order valence-electron chi connectivity index (χ2n) is 14.2. The highest BCUT2D eigenvalue weighted by Gasteiger charge is 2.17. The van der Waals surface area contributed by atoms with Gasteiger partial charge in [-0.15, -0.1) is 11.3 Å². The Hall–Kier alpha value is -7.14. The van der Waals surface area contributed by atoms with Crippen LogP contribution in [0.4, 0.5) is 0 Å². The van der Waals surface area contributed by atoms with Crippen molar-refractivity contribution >= 4 is 53.4 Å². The molecule has 4 heteroatoms. The number of benzene rings is 8. The highest BCUT2D eigenvalue weighted by molar-refractivity contribution is 7.25. The van der Waals surface area contributed by atoms with E-state index in [4.69, 9.17) is 14.4 Å². The third-order valence-electron chi connectivity index (χ3n) is 10.7. The molecule has 0 saturated carbocycles. The fraction of sp³-hybridized carbons (Fsp3) is 0. The SMILES string of the molecule is c1ccc(-c2nc(-c3cc(-c4ccc5sc6ccccc6c5c4)cc(-c4ccccc4-c4ccccc4)c3)cc(-c3ccc4oc5ccccc5c4c3)n2)cc1. The fourth-order valence-corrected chi connectivity index (χ4v) is 9.04. The van der Waals surface area contributed by atoms with E-state index in [-0.39, 0.29) is 0 Å². The van der Waals surface area contributed by atoms with Gasteiger partial charge >= 0.3 is 0 Å². The van der Waals surface area contributed by atoms with E-state index in [1.165, 1.54) is 36.9 Å². The molecule has 0 aliphatic rings. The number of thiophene rings is 1. The molecule has 11 aromatic rings. The summed E-state index contributed by atoms with van der Waals surface area (Å²) in [5, 5.41) is 4.72. The van der Waals surface area contributed by atoms with Crippen molar-refractivity contribution < 1.29 is 4.42 Å². The van der Waals surface area contributed by atoms with Crippen LogP contribution in [0.25, 0.3) is 109 Å². The number of furan rings is 1. The van der Waals surface area contributed by atoms with Gasteiger partial charge in [-0.1, -0.05) is 127 Å². The second kappa shape index (κ2) is 13.3. The molecule has 3 nitrogen and oxygen atoms in total. The maximum atomic E-state index is 6.19. The molecule has 0 unspecified atom stereocenters. The molecule has 0 fully saturated rings. The molecule has 3 heterocycles. The Morgan fingerprint density at radius 1 is 0.321 bits per heavy atom. The molecule has 3 aromatic heterocycles. The van der Waals surface area contributed by atoms with Gasteiger partial charge in [-0.2, -0.15) is 0 Å². The summed E-state index contributed by atoms with van der Waals surface area (Å²) in [7, 11) is 0. The van der Waals surface area contributed by atoms with E-state index in [1.807, 2.05) is 41.7 Å². The summed E-state index contributed by atoms with van der Waals surface area (Å²) in [6.45, 7) is 0. The molecule has 0 aliphatic heterocycles. The Kier molecular flexibility index (Phi) is 7.68. The predicted octanol–water partition coefficient (Wildman–Crippen LogP) is 14.7. The number of para-hydroxylation sites is 1. The predicted molar refractivity (Wildman–Crippen MR) is 235 cm³/mol. The summed E-state index contributed by atoms with van der Waals surface area (Å²) in [6.07, 6.45) is 0. The maximum Gasteiger partial charge on any atom is 0.160 e. The lowest BCUT2D eigenvalue weighted by Crippen LogP contribution is -1.97. The van der Waals surface area contributed by atoms with Crippen molar-refractivity contribution in [2.45, 2.75) is 0 Å². The van der Waals surface area contributed by atoms with Crippen LogP contribution in [0.15, 0.2) is 199 Å². The minimum atomic E-state index is 0.679. The Morgan fingerprint density at radius 2 is 0.893 bits per heavy atom. The van der Waals surface area contributed by atoms with Crippen LogP contribution in [0.5, 0.6) is 0 Å². The van der Waals surface area contributed by atoms with Gasteiger partial charge in [0.25, 0.3) is 0 Å². The first kappa shape index (κ1) is 32.3. The summed E-state index contributed by atoms with van der Waals surface area (Å²) in [5.74, 6) is 0.679. The molecule has 11 rings (SSSR count). The van der Waals surface area contributed by atoms with Gasteiger partial charge in [0, 0.05) is 47.6 Å². The zero-order valence-electron chi connectivity index (χ0n) is 30.2. The highest BCUT2D eigenvalue weighted by atomic mass is 32.1. The Bertz CT molecular complexity index is 3250. The number of nitrogens with zero attached hydrogens (tertiary/aromatic N) is 2. The van der Waals surface area contributed by atoms with Crippen LogP contribution in [0, 0.1) is 0 Å². The molecule has 0 saturated heterocycles. The van der Waals surface area contributed by atoms with Gasteiger partial charge in [0.15, 0.2) is 5.82 Å². The lowest BCUT2D eigenvalue weighted by molar-refractivity contribution is 0.669. The van der Waals surface area contributed by atoms with Gasteiger partial charge in [0.05, 0.1) is 11.4 Å². The third-order valence-corrected chi connectivity index (χ3v) is 11.8. The van der Waals surface area contributed by atoms with Crippen LogP contribution >= 0.6 is 11.3 Å². The van der Waals surface area contributed by atoms with Crippen molar-refractivity contribution in [2.75, 3.05) is 0 Å². The van der Waals surface area contributed by atoms with Crippen LogP contribution in [0.3, 0.4) is 0 Å². The molecule has 0 aliphatic carbocycles. The molecular formula is C52H32N2OS. The number of hydrogen-bond acceptors (Lipinski definition) is 4. The van der Waals surface area contributed by atoms with Crippen LogP contribution in [-0.4, -0.2) is 9.97 Å². The first-order valence-corrected chi connectivity index (χ1v) is 19.6. The van der Waals surface area contributed by atoms with Crippen molar-refractivity contribution in [1.82, 2.24) is 9.97 Å². The second-order valence-corrected chi connectivity index (χ2v) is 15.2. The van der Waals surface area contributed by atoms with Gasteiger partial charge < -0.3 is 4.42 Å². The van der Waals surface area contributed by atoms with Crippen molar-refractivity contribution in [3.63, 3.8) is 0 Å². The van der Waals surface area contributed by atoms with Gasteiger partial charge in [0.1, 0.15) is 11.2 Å². The lowest BCUT2D eigenvalue weighted by Gasteiger charge is -2.15. The van der Waals surface area contributed by atoms with Crippen LogP contribution in [0.1, 0.15) is 0 Å². The first-order valence-electron chi connectivity index (χ1n) is 18.8. The Labute approximate surface area is 327 Å². The zero-order valence-corrected chi connectivity index (χ0v) is 31.0. The minimum Gasteiger partial charge on any atom is -0.456 e. The smallest absolute Gasteiger partial charge is 0.160 e. The molecule has 0 spiro atoms. The van der Waals surface area contributed by atoms with Crippen molar-refractivity contribution in [3.8, 4) is 67.3 Å². The van der Waals surface area contributed by atoms with Crippen LogP contribution in [-0.2, 0) is 0 Å². The van der Waals surface area contributed by atoms with Crippen LogP contribution in [0.2, 0.25) is 0 Å². The molecule has 0 N–H and O–H groups in total. The first-order chi connectivity index (χ1) is 27.7. The maximum absolute atomic E-state index is 6.19. The molecule has 0 radical (unpaired) electrons. The summed E-state index contributed by atoms with van der Waals surface area (Å²) in [4.78, 5) is 10.5. The van der Waals surface area contributed by atoms with Gasteiger partial charge in [-0.05, 0) is 100 Å². The largest absolute Gasteiger partial charge is 0.456 e. The van der Waals surface area contributed by atoms with E-state index in [0.717, 1.165) is 66.7 Å². The van der Waals surface area contributed by atoms with E-state index in [9.17, 15) is 0 Å². The summed E-state index contributed by atoms with van der Waals surface area (Å²) >= 11 is 1.84. The molecule has 0 amide bonds. The normalized spacial score (nSPS) is 11.6. The van der Waals surface area contributed by atoms with E-state index in [0.29, 0.717) is 5.82 Å². The minimum absolute atomic E-state index is 0.679. The monoisotopic (exact) mass is 732 g/mol. The van der Waals surface area contributed by atoms with Crippen LogP contribution < -0.4 is 0 Å². The average Bonchev–Trinajstić information content (AvgIpc) is 3.84. The molecule has 8 aromatic carbocycles. The number of fused-ring (bicyclic) bond motifs is 6. The molecule has 0 atom stereocenters. The molecule has 0 bridgehead atoms. The Balaban J connectivity index is 1.15. The van der Waals surface area contributed by atoms with E-state index in [2.05, 4.69) is 164 Å². The number of rotatable bonds is 6. The standard InChI is InChI=1S/C52H32N2OS/c1-3-13-33(14-4-1)40-17-7-8-18-41(40)38-27-37(35-24-26-51-45(30-35)43-20-10-12-22-50(43)56-51)28-39(29-38)47-32-46(53-52(54-47)34-15-5-2-6-16-34)36-23-25-49-44(31-36)42-19-9-11-21-48(42)55-49/h1-32H. The zero-order chi connectivity index (χ0) is 37.0. The quantitative estimate of drug-likeness (QED) is 0.171. The molecule has 262 valence electrons. The molecular weight excluding hydrogens is 701 g/mol. The van der Waals surface area contributed by atoms with E-state index >= 15 is 0 Å². The fourth-order valence-electron chi connectivity index (χ4n) is 7.95. The van der Waals surface area contributed by atoms with Crippen molar-refractivity contribution in [1.29, 1.82) is 0 Å². The van der Waals surface area contributed by atoms with E-state index < -0.39 is 0 Å². The van der Waals surface area contributed by atoms with E-state index in [1.54, 1.807) is 0 Å². The van der Waals surface area contributed by atoms with Gasteiger partial charge in [-0.3, -0.25) is 0 Å².